The summed E-state index contributed by atoms with van der Waals surface area (Å²) in [6, 6.07) is 11.8. The number of anilines is 2. The number of carbonyl (C=O) groups excluding carboxylic acids is 2. The van der Waals surface area contributed by atoms with Gasteiger partial charge in [-0.25, -0.2) is 9.18 Å². The minimum absolute atomic E-state index is 0.0456. The molecule has 0 saturated heterocycles. The predicted octanol–water partition coefficient (Wildman–Crippen LogP) is 3.61. The van der Waals surface area contributed by atoms with Crippen molar-refractivity contribution in [3.05, 3.63) is 59.9 Å². The topological polar surface area (TPSA) is 70.2 Å². The number of hydrogen-bond acceptors (Lipinski definition) is 2. The fourth-order valence-electron chi connectivity index (χ4n) is 1.87. The van der Waals surface area contributed by atoms with E-state index < -0.39 is 5.82 Å². The Hall–Kier alpha value is -2.89. The SMILES string of the molecule is CC(C)NC(=O)Nc1ccc(NC(=O)c2ccc(F)cc2)cc1. The van der Waals surface area contributed by atoms with Gasteiger partial charge in [-0.2, -0.15) is 0 Å². The summed E-state index contributed by atoms with van der Waals surface area (Å²) >= 11 is 0. The molecule has 5 nitrogen and oxygen atoms in total. The third-order valence-electron chi connectivity index (χ3n) is 2.93. The van der Waals surface area contributed by atoms with Gasteiger partial charge in [-0.15, -0.1) is 0 Å². The standard InChI is InChI=1S/C17H18FN3O2/c1-11(2)19-17(23)21-15-9-7-14(8-10-15)20-16(22)12-3-5-13(18)6-4-12/h3-11H,1-2H3,(H,20,22)(H2,19,21,23). The lowest BCUT2D eigenvalue weighted by Crippen LogP contribution is -2.34. The first kappa shape index (κ1) is 16.5. The van der Waals surface area contributed by atoms with Gasteiger partial charge in [0.05, 0.1) is 0 Å². The van der Waals surface area contributed by atoms with E-state index in [9.17, 15) is 14.0 Å². The summed E-state index contributed by atoms with van der Waals surface area (Å²) in [6.45, 7) is 3.74. The normalized spacial score (nSPS) is 10.3. The van der Waals surface area contributed by atoms with Gasteiger partial charge in [-0.1, -0.05) is 0 Å². The minimum Gasteiger partial charge on any atom is -0.336 e. The quantitative estimate of drug-likeness (QED) is 0.806. The fraction of sp³-hybridized carbons (Fsp3) is 0.176. The molecule has 0 atom stereocenters. The third kappa shape index (κ3) is 5.10. The lowest BCUT2D eigenvalue weighted by Gasteiger charge is -2.11. The highest BCUT2D eigenvalue weighted by molar-refractivity contribution is 6.04. The highest BCUT2D eigenvalue weighted by Crippen LogP contribution is 2.15. The first-order chi connectivity index (χ1) is 10.9. The van der Waals surface area contributed by atoms with E-state index in [1.54, 1.807) is 24.3 Å². The van der Waals surface area contributed by atoms with E-state index in [4.69, 9.17) is 0 Å². The molecule has 3 N–H and O–H groups in total. The molecule has 0 aliphatic carbocycles. The average molecular weight is 315 g/mol. The molecule has 0 bridgehead atoms. The molecular formula is C17H18FN3O2. The number of carbonyl (C=O) groups is 2. The van der Waals surface area contributed by atoms with Crippen molar-refractivity contribution < 1.29 is 14.0 Å². The van der Waals surface area contributed by atoms with Crippen molar-refractivity contribution in [3.63, 3.8) is 0 Å². The van der Waals surface area contributed by atoms with Crippen LogP contribution in [0.3, 0.4) is 0 Å². The molecule has 0 aliphatic rings. The Bertz CT molecular complexity index is 682. The molecule has 0 aliphatic heterocycles. The molecule has 0 heterocycles. The number of rotatable bonds is 4. The number of benzene rings is 2. The summed E-state index contributed by atoms with van der Waals surface area (Å²) < 4.78 is 12.8. The van der Waals surface area contributed by atoms with Crippen molar-refractivity contribution in [2.45, 2.75) is 19.9 Å². The zero-order chi connectivity index (χ0) is 16.8. The molecule has 2 aromatic rings. The summed E-state index contributed by atoms with van der Waals surface area (Å²) in [5, 5.41) is 8.10. The minimum atomic E-state index is -0.392. The van der Waals surface area contributed by atoms with Crippen LogP contribution in [0.1, 0.15) is 24.2 Å². The molecular weight excluding hydrogens is 297 g/mol. The molecule has 0 unspecified atom stereocenters. The number of hydrogen-bond donors (Lipinski definition) is 3. The molecule has 23 heavy (non-hydrogen) atoms. The Morgan fingerprint density at radius 1 is 0.870 bits per heavy atom. The predicted molar refractivity (Wildman–Crippen MR) is 88.1 cm³/mol. The molecule has 0 spiro atoms. The Labute approximate surface area is 133 Å². The van der Waals surface area contributed by atoms with Gasteiger partial charge in [-0.3, -0.25) is 4.79 Å². The van der Waals surface area contributed by atoms with Gasteiger partial charge in [0.25, 0.3) is 5.91 Å². The van der Waals surface area contributed by atoms with Crippen LogP contribution in [0, 0.1) is 5.82 Å². The average Bonchev–Trinajstić information content (AvgIpc) is 2.49. The van der Waals surface area contributed by atoms with Crippen LogP contribution >= 0.6 is 0 Å². The van der Waals surface area contributed by atoms with E-state index in [0.717, 1.165) is 0 Å². The lowest BCUT2D eigenvalue weighted by molar-refractivity contribution is 0.102. The first-order valence-electron chi connectivity index (χ1n) is 7.18. The van der Waals surface area contributed by atoms with Crippen LogP contribution < -0.4 is 16.0 Å². The number of amides is 3. The fourth-order valence-corrected chi connectivity index (χ4v) is 1.87. The largest absolute Gasteiger partial charge is 0.336 e. The number of urea groups is 1. The maximum absolute atomic E-state index is 12.8. The molecule has 0 fully saturated rings. The van der Waals surface area contributed by atoms with Crippen LogP contribution in [-0.4, -0.2) is 18.0 Å². The molecule has 3 amide bonds. The van der Waals surface area contributed by atoms with Gasteiger partial charge in [0.1, 0.15) is 5.82 Å². The smallest absolute Gasteiger partial charge is 0.319 e. The Kier molecular flexibility index (Phi) is 5.30. The van der Waals surface area contributed by atoms with Crippen LogP contribution in [0.15, 0.2) is 48.5 Å². The van der Waals surface area contributed by atoms with Gasteiger partial charge >= 0.3 is 6.03 Å². The first-order valence-corrected chi connectivity index (χ1v) is 7.18. The van der Waals surface area contributed by atoms with Gasteiger partial charge in [0, 0.05) is 23.0 Å². The van der Waals surface area contributed by atoms with E-state index in [1.807, 2.05) is 13.8 Å². The molecule has 0 radical (unpaired) electrons. The van der Waals surface area contributed by atoms with Crippen molar-refractivity contribution in [3.8, 4) is 0 Å². The zero-order valence-electron chi connectivity index (χ0n) is 12.9. The molecule has 2 rings (SSSR count). The van der Waals surface area contributed by atoms with Crippen molar-refractivity contribution in [2.75, 3.05) is 10.6 Å². The van der Waals surface area contributed by atoms with E-state index >= 15 is 0 Å². The van der Waals surface area contributed by atoms with Gasteiger partial charge in [-0.05, 0) is 62.4 Å². The van der Waals surface area contributed by atoms with Crippen LogP contribution in [-0.2, 0) is 0 Å². The highest BCUT2D eigenvalue weighted by Gasteiger charge is 2.07. The highest BCUT2D eigenvalue weighted by atomic mass is 19.1. The molecule has 0 aromatic heterocycles. The maximum atomic E-state index is 12.8. The second kappa shape index (κ2) is 7.40. The Morgan fingerprint density at radius 2 is 1.39 bits per heavy atom. The monoisotopic (exact) mass is 315 g/mol. The third-order valence-corrected chi connectivity index (χ3v) is 2.93. The second-order valence-electron chi connectivity index (χ2n) is 5.29. The van der Waals surface area contributed by atoms with Crippen molar-refractivity contribution in [1.29, 1.82) is 0 Å². The molecule has 0 saturated carbocycles. The van der Waals surface area contributed by atoms with Crippen LogP contribution in [0.5, 0.6) is 0 Å². The summed E-state index contributed by atoms with van der Waals surface area (Å²) in [4.78, 5) is 23.6. The van der Waals surface area contributed by atoms with Crippen LogP contribution in [0.4, 0.5) is 20.6 Å². The van der Waals surface area contributed by atoms with Crippen molar-refractivity contribution in [2.24, 2.45) is 0 Å². The summed E-state index contributed by atoms with van der Waals surface area (Å²) in [7, 11) is 0. The molecule has 2 aromatic carbocycles. The van der Waals surface area contributed by atoms with Gasteiger partial charge in [0.15, 0.2) is 0 Å². The summed E-state index contributed by atoms with van der Waals surface area (Å²) in [5.41, 5.74) is 1.56. The zero-order valence-corrected chi connectivity index (χ0v) is 12.9. The van der Waals surface area contributed by atoms with Crippen molar-refractivity contribution in [1.82, 2.24) is 5.32 Å². The number of nitrogens with one attached hydrogen (secondary N) is 3. The van der Waals surface area contributed by atoms with Crippen LogP contribution in [0.25, 0.3) is 0 Å². The summed E-state index contributed by atoms with van der Waals surface area (Å²) in [6.07, 6.45) is 0. The molecule has 120 valence electrons. The number of halogens is 1. The van der Waals surface area contributed by atoms with Crippen molar-refractivity contribution >= 4 is 23.3 Å². The van der Waals surface area contributed by atoms with E-state index in [2.05, 4.69) is 16.0 Å². The van der Waals surface area contributed by atoms with Crippen LogP contribution in [0.2, 0.25) is 0 Å². The van der Waals surface area contributed by atoms with E-state index in [0.29, 0.717) is 16.9 Å². The van der Waals surface area contributed by atoms with E-state index in [1.165, 1.54) is 24.3 Å². The summed E-state index contributed by atoms with van der Waals surface area (Å²) in [5.74, 6) is -0.722. The Morgan fingerprint density at radius 3 is 1.91 bits per heavy atom. The Balaban J connectivity index is 1.95. The second-order valence-corrected chi connectivity index (χ2v) is 5.29. The molecule has 6 heteroatoms. The van der Waals surface area contributed by atoms with E-state index in [-0.39, 0.29) is 18.0 Å². The lowest BCUT2D eigenvalue weighted by atomic mass is 10.2. The maximum Gasteiger partial charge on any atom is 0.319 e. The van der Waals surface area contributed by atoms with Gasteiger partial charge < -0.3 is 16.0 Å². The van der Waals surface area contributed by atoms with Gasteiger partial charge in [0.2, 0.25) is 0 Å².